The Morgan fingerprint density at radius 2 is 2.12 bits per heavy atom. The molecule has 0 saturated heterocycles. The van der Waals surface area contributed by atoms with E-state index in [1.807, 2.05) is 12.1 Å². The average Bonchev–Trinajstić information content (AvgIpc) is 2.38. The van der Waals surface area contributed by atoms with Crippen molar-refractivity contribution in [2.45, 2.75) is 12.3 Å². The highest BCUT2D eigenvalue weighted by molar-refractivity contribution is 6.16. The molecular formula is C12H18ClNO3. The lowest BCUT2D eigenvalue weighted by molar-refractivity contribution is 0.0644. The van der Waals surface area contributed by atoms with Gasteiger partial charge in [0.1, 0.15) is 5.75 Å². The zero-order chi connectivity index (χ0) is 12.3. The van der Waals surface area contributed by atoms with Crippen LogP contribution in [0.2, 0.25) is 0 Å². The highest BCUT2D eigenvalue weighted by Crippen LogP contribution is 2.12. The van der Waals surface area contributed by atoms with Crippen molar-refractivity contribution in [1.29, 1.82) is 0 Å². The highest BCUT2D eigenvalue weighted by atomic mass is 35.5. The Balaban J connectivity index is 2.09. The first-order chi connectivity index (χ1) is 8.36. The summed E-state index contributed by atoms with van der Waals surface area (Å²) in [4.78, 5) is 4.09. The van der Waals surface area contributed by atoms with E-state index in [1.165, 1.54) is 0 Å². The zero-order valence-corrected chi connectivity index (χ0v) is 10.8. The van der Waals surface area contributed by atoms with Crippen molar-refractivity contribution in [1.82, 2.24) is 4.98 Å². The van der Waals surface area contributed by atoms with Crippen LogP contribution >= 0.6 is 11.6 Å². The van der Waals surface area contributed by atoms with Gasteiger partial charge >= 0.3 is 0 Å². The van der Waals surface area contributed by atoms with Crippen LogP contribution in [0.1, 0.15) is 12.1 Å². The maximum absolute atomic E-state index is 5.68. The molecular weight excluding hydrogens is 242 g/mol. The second kappa shape index (κ2) is 9.22. The van der Waals surface area contributed by atoms with E-state index >= 15 is 0 Å². The van der Waals surface area contributed by atoms with E-state index in [0.29, 0.717) is 32.3 Å². The van der Waals surface area contributed by atoms with E-state index in [4.69, 9.17) is 25.8 Å². The number of alkyl halides is 1. The molecule has 1 heterocycles. The van der Waals surface area contributed by atoms with Gasteiger partial charge in [-0.25, -0.2) is 0 Å². The molecule has 0 bridgehead atoms. The Morgan fingerprint density at radius 1 is 1.24 bits per heavy atom. The van der Waals surface area contributed by atoms with E-state index in [-0.39, 0.29) is 0 Å². The van der Waals surface area contributed by atoms with Crippen LogP contribution in [0.3, 0.4) is 0 Å². The van der Waals surface area contributed by atoms with Crippen LogP contribution in [-0.4, -0.2) is 38.5 Å². The third-order valence-electron chi connectivity index (χ3n) is 2.06. The quantitative estimate of drug-likeness (QED) is 0.504. The number of pyridine rings is 1. The summed E-state index contributed by atoms with van der Waals surface area (Å²) in [5, 5.41) is 0. The molecule has 0 N–H and O–H groups in total. The molecule has 0 saturated carbocycles. The van der Waals surface area contributed by atoms with Crippen molar-refractivity contribution in [2.75, 3.05) is 33.5 Å². The second-order valence-corrected chi connectivity index (χ2v) is 3.69. The Kier molecular flexibility index (Phi) is 7.71. The molecule has 1 aromatic rings. The molecule has 0 aliphatic rings. The first-order valence-corrected chi connectivity index (χ1v) is 6.10. The minimum atomic E-state index is 0.400. The first-order valence-electron chi connectivity index (χ1n) is 5.57. The van der Waals surface area contributed by atoms with Gasteiger partial charge in [0.2, 0.25) is 0 Å². The lowest BCUT2D eigenvalue weighted by Crippen LogP contribution is -2.06. The Bertz CT molecular complexity index is 310. The summed E-state index contributed by atoms with van der Waals surface area (Å²) >= 11 is 5.68. The summed E-state index contributed by atoms with van der Waals surface area (Å²) in [7, 11) is 1.66. The van der Waals surface area contributed by atoms with Crippen molar-refractivity contribution in [3.05, 3.63) is 24.0 Å². The van der Waals surface area contributed by atoms with Crippen molar-refractivity contribution >= 4 is 11.6 Å². The molecule has 4 nitrogen and oxygen atoms in total. The third kappa shape index (κ3) is 6.46. The molecule has 0 aliphatic heterocycles. The second-order valence-electron chi connectivity index (χ2n) is 3.42. The summed E-state index contributed by atoms with van der Waals surface area (Å²) < 4.78 is 15.7. The summed E-state index contributed by atoms with van der Waals surface area (Å²) in [6.45, 7) is 2.56. The number of aromatic nitrogens is 1. The summed E-state index contributed by atoms with van der Waals surface area (Å²) in [6.07, 6.45) is 2.55. The fourth-order valence-corrected chi connectivity index (χ4v) is 1.36. The van der Waals surface area contributed by atoms with Crippen molar-refractivity contribution in [2.24, 2.45) is 0 Å². The van der Waals surface area contributed by atoms with E-state index in [1.54, 1.807) is 13.3 Å². The summed E-state index contributed by atoms with van der Waals surface area (Å²) in [5.74, 6) is 1.20. The lowest BCUT2D eigenvalue weighted by Gasteiger charge is -2.07. The zero-order valence-electron chi connectivity index (χ0n) is 10.0. The summed E-state index contributed by atoms with van der Waals surface area (Å²) in [5.41, 5.74) is 0.820. The van der Waals surface area contributed by atoms with E-state index in [2.05, 4.69) is 4.98 Å². The molecule has 0 fully saturated rings. The number of halogens is 1. The van der Waals surface area contributed by atoms with Gasteiger partial charge in [-0.15, -0.1) is 11.6 Å². The molecule has 1 aromatic heterocycles. The lowest BCUT2D eigenvalue weighted by atomic mass is 10.3. The number of nitrogens with zero attached hydrogens (tertiary/aromatic N) is 1. The predicted molar refractivity (Wildman–Crippen MR) is 66.6 cm³/mol. The summed E-state index contributed by atoms with van der Waals surface area (Å²) in [6, 6.07) is 3.67. The predicted octanol–water partition coefficient (Wildman–Crippen LogP) is 2.25. The van der Waals surface area contributed by atoms with Crippen molar-refractivity contribution < 1.29 is 14.2 Å². The Labute approximate surface area is 107 Å². The number of rotatable bonds is 9. The molecule has 96 valence electrons. The molecule has 0 radical (unpaired) electrons. The van der Waals surface area contributed by atoms with Gasteiger partial charge in [0.15, 0.2) is 0 Å². The average molecular weight is 260 g/mol. The number of methoxy groups -OCH3 is 1. The van der Waals surface area contributed by atoms with Gasteiger partial charge in [-0.3, -0.25) is 4.98 Å². The monoisotopic (exact) mass is 259 g/mol. The molecule has 0 atom stereocenters. The van der Waals surface area contributed by atoms with Crippen LogP contribution in [-0.2, 0) is 15.4 Å². The maximum Gasteiger partial charge on any atom is 0.122 e. The fourth-order valence-electron chi connectivity index (χ4n) is 1.21. The Hall–Kier alpha value is -0.840. The largest absolute Gasteiger partial charge is 0.493 e. The van der Waals surface area contributed by atoms with Crippen molar-refractivity contribution in [3.8, 4) is 5.75 Å². The molecule has 0 aliphatic carbocycles. The van der Waals surface area contributed by atoms with Crippen LogP contribution in [0.15, 0.2) is 18.3 Å². The first kappa shape index (κ1) is 14.2. The Morgan fingerprint density at radius 3 is 2.88 bits per heavy atom. The van der Waals surface area contributed by atoms with E-state index < -0.39 is 0 Å². The van der Waals surface area contributed by atoms with Gasteiger partial charge in [-0.1, -0.05) is 0 Å². The van der Waals surface area contributed by atoms with Gasteiger partial charge in [0.05, 0.1) is 31.4 Å². The minimum Gasteiger partial charge on any atom is -0.493 e. The van der Waals surface area contributed by atoms with Crippen LogP contribution in [0, 0.1) is 0 Å². The minimum absolute atomic E-state index is 0.400. The van der Waals surface area contributed by atoms with E-state index in [0.717, 1.165) is 17.9 Å². The maximum atomic E-state index is 5.68. The van der Waals surface area contributed by atoms with Gasteiger partial charge in [-0.05, 0) is 6.07 Å². The molecule has 0 aromatic carbocycles. The molecule has 1 rings (SSSR count). The van der Waals surface area contributed by atoms with Crippen LogP contribution < -0.4 is 4.74 Å². The third-order valence-corrected chi connectivity index (χ3v) is 2.33. The van der Waals surface area contributed by atoms with Crippen LogP contribution in [0.25, 0.3) is 0 Å². The van der Waals surface area contributed by atoms with E-state index in [9.17, 15) is 0 Å². The SMILES string of the molecule is COCCOCCCOc1ccnc(CCl)c1. The number of ether oxygens (including phenoxy) is 3. The van der Waals surface area contributed by atoms with Gasteiger partial charge in [0, 0.05) is 32.4 Å². The van der Waals surface area contributed by atoms with Gasteiger partial charge in [0.25, 0.3) is 0 Å². The molecule has 0 spiro atoms. The van der Waals surface area contributed by atoms with Crippen LogP contribution in [0.5, 0.6) is 5.75 Å². The number of hydrogen-bond acceptors (Lipinski definition) is 4. The standard InChI is InChI=1S/C12H18ClNO3/c1-15-7-8-16-5-2-6-17-12-3-4-14-11(9-12)10-13/h3-4,9H,2,5-8,10H2,1H3. The molecule has 17 heavy (non-hydrogen) atoms. The topological polar surface area (TPSA) is 40.6 Å². The molecule has 0 unspecified atom stereocenters. The highest BCUT2D eigenvalue weighted by Gasteiger charge is 1.97. The molecule has 0 amide bonds. The van der Waals surface area contributed by atoms with Crippen molar-refractivity contribution in [3.63, 3.8) is 0 Å². The molecule has 5 heteroatoms. The fraction of sp³-hybridized carbons (Fsp3) is 0.583. The normalized spacial score (nSPS) is 10.5. The van der Waals surface area contributed by atoms with Gasteiger partial charge < -0.3 is 14.2 Å². The smallest absolute Gasteiger partial charge is 0.122 e. The number of hydrogen-bond donors (Lipinski definition) is 0. The van der Waals surface area contributed by atoms with Gasteiger partial charge in [-0.2, -0.15) is 0 Å². The van der Waals surface area contributed by atoms with Crippen LogP contribution in [0.4, 0.5) is 0 Å².